The predicted octanol–water partition coefficient (Wildman–Crippen LogP) is 4.18. The Morgan fingerprint density at radius 2 is 1.43 bits per heavy atom. The summed E-state index contributed by atoms with van der Waals surface area (Å²) in [6.45, 7) is 1.99. The van der Waals surface area contributed by atoms with Gasteiger partial charge in [-0.2, -0.15) is 0 Å². The molecule has 0 fully saturated rings. The number of rotatable bonds is 1. The van der Waals surface area contributed by atoms with Gasteiger partial charge in [0.15, 0.2) is 0 Å². The van der Waals surface area contributed by atoms with Gasteiger partial charge in [-0.05, 0) is 6.92 Å². The van der Waals surface area contributed by atoms with Crippen LogP contribution in [0.5, 0.6) is 0 Å². The number of aldehydes is 1. The molecule has 78 valence electrons. The quantitative estimate of drug-likeness (QED) is 0.556. The average Bonchev–Trinajstić information content (AvgIpc) is 2.03. The summed E-state index contributed by atoms with van der Waals surface area (Å²) >= 11 is 0. The zero-order valence-corrected chi connectivity index (χ0v) is 12.4. The van der Waals surface area contributed by atoms with Crippen molar-refractivity contribution in [2.24, 2.45) is 0 Å². The minimum absolute atomic E-state index is 0.737. The average molecular weight is 335 g/mol. The van der Waals surface area contributed by atoms with Crippen LogP contribution in [0.15, 0.2) is 24.3 Å². The molecule has 0 spiro atoms. The Morgan fingerprint density at radius 3 is 1.71 bits per heavy atom. The van der Waals surface area contributed by atoms with Crippen LogP contribution < -0.4 is 0 Å². The predicted molar refractivity (Wildman–Crippen MR) is 65.7 cm³/mol. The van der Waals surface area contributed by atoms with Crippen LogP contribution in [-0.2, 0) is 0 Å². The van der Waals surface area contributed by atoms with Gasteiger partial charge in [-0.25, -0.2) is 0 Å². The summed E-state index contributed by atoms with van der Waals surface area (Å²) in [5, 5.41) is 0. The van der Waals surface area contributed by atoms with Crippen LogP contribution in [0.2, 0.25) is 0 Å². The number of halogens is 4. The zero-order valence-electron chi connectivity index (χ0n) is 7.31. The molecular weight excluding hydrogens is 327 g/mol. The van der Waals surface area contributed by atoms with E-state index >= 15 is 0 Å². The van der Waals surface area contributed by atoms with E-state index in [0.717, 1.165) is 11.8 Å². The Hall–Kier alpha value is 0.593. The van der Waals surface area contributed by atoms with Crippen molar-refractivity contribution in [2.75, 3.05) is 0 Å². The zero-order chi connectivity index (χ0) is 11.2. The van der Waals surface area contributed by atoms with Gasteiger partial charge in [0, 0.05) is 5.56 Å². The molecule has 0 aliphatic rings. The van der Waals surface area contributed by atoms with Crippen LogP contribution in [0.25, 0.3) is 0 Å². The van der Waals surface area contributed by atoms with E-state index in [9.17, 15) is 4.79 Å². The Bertz CT molecular complexity index is 274. The van der Waals surface area contributed by atoms with Crippen molar-refractivity contribution in [1.29, 1.82) is 0 Å². The molecular formula is C8H8Cl4GeO. The van der Waals surface area contributed by atoms with Crippen molar-refractivity contribution in [3.8, 4) is 0 Å². The van der Waals surface area contributed by atoms with Crippen LogP contribution in [0.3, 0.4) is 0 Å². The van der Waals surface area contributed by atoms with Crippen molar-refractivity contribution < 1.29 is 4.79 Å². The van der Waals surface area contributed by atoms with Crippen LogP contribution in [0.1, 0.15) is 15.9 Å². The second-order valence-electron chi connectivity index (χ2n) is 2.46. The van der Waals surface area contributed by atoms with Crippen molar-refractivity contribution in [3.05, 3.63) is 35.4 Å². The van der Waals surface area contributed by atoms with E-state index in [4.69, 9.17) is 40.0 Å². The number of benzene rings is 1. The molecule has 0 bridgehead atoms. The molecule has 0 aliphatic carbocycles. The first-order chi connectivity index (χ1) is 6.33. The summed E-state index contributed by atoms with van der Waals surface area (Å²) in [5.74, 6) is 0. The SMILES string of the molecule is Cc1ccc(C=O)cc1.[Cl][Ge]([Cl])([Cl])[Cl]. The third kappa shape index (κ3) is 10.7. The van der Waals surface area contributed by atoms with Gasteiger partial charge in [0.2, 0.25) is 0 Å². The van der Waals surface area contributed by atoms with E-state index in [2.05, 4.69) is 0 Å². The molecule has 0 amide bonds. The Morgan fingerprint density at radius 1 is 1.07 bits per heavy atom. The molecule has 0 atom stereocenters. The van der Waals surface area contributed by atoms with Gasteiger partial charge < -0.3 is 0 Å². The van der Waals surface area contributed by atoms with E-state index in [1.165, 1.54) is 5.56 Å². The first-order valence-electron chi connectivity index (χ1n) is 3.60. The summed E-state index contributed by atoms with van der Waals surface area (Å²) in [5.41, 5.74) is 1.92. The fourth-order valence-electron chi connectivity index (χ4n) is 0.645. The monoisotopic (exact) mass is 334 g/mol. The van der Waals surface area contributed by atoms with Crippen LogP contribution in [0.4, 0.5) is 0 Å². The second kappa shape index (κ2) is 6.96. The third-order valence-electron chi connectivity index (χ3n) is 1.21. The molecule has 1 aromatic carbocycles. The number of aryl methyl sites for hydroxylation is 1. The minimum atomic E-state index is -3.11. The van der Waals surface area contributed by atoms with Gasteiger partial charge in [0.05, 0.1) is 0 Å². The van der Waals surface area contributed by atoms with Crippen molar-refractivity contribution in [1.82, 2.24) is 0 Å². The molecule has 0 saturated carbocycles. The van der Waals surface area contributed by atoms with Crippen LogP contribution in [-0.4, -0.2) is 15.8 Å². The van der Waals surface area contributed by atoms with Gasteiger partial charge >= 0.3 is 49.6 Å². The Labute approximate surface area is 102 Å². The normalized spacial score (nSPS) is 10.1. The maximum absolute atomic E-state index is 10.1. The number of hydrogen-bond donors (Lipinski definition) is 0. The van der Waals surface area contributed by atoms with E-state index in [1.54, 1.807) is 0 Å². The summed E-state index contributed by atoms with van der Waals surface area (Å²) in [4.78, 5) is 10.1. The summed E-state index contributed by atoms with van der Waals surface area (Å²) in [7, 11) is 16.9. The van der Waals surface area contributed by atoms with Gasteiger partial charge in [-0.3, -0.25) is 4.79 Å². The van der Waals surface area contributed by atoms with E-state index in [-0.39, 0.29) is 0 Å². The van der Waals surface area contributed by atoms with Gasteiger partial charge in [0.25, 0.3) is 0 Å². The van der Waals surface area contributed by atoms with Gasteiger partial charge in [-0.1, -0.05) is 29.8 Å². The van der Waals surface area contributed by atoms with E-state index in [1.807, 2.05) is 31.2 Å². The number of carbonyl (C=O) groups is 1. The third-order valence-corrected chi connectivity index (χ3v) is 1.21. The fourth-order valence-corrected chi connectivity index (χ4v) is 0.645. The molecule has 0 unspecified atom stereocenters. The van der Waals surface area contributed by atoms with Gasteiger partial charge in [0.1, 0.15) is 6.29 Å². The van der Waals surface area contributed by atoms with Crippen LogP contribution >= 0.6 is 40.0 Å². The molecule has 0 N–H and O–H groups in total. The molecule has 0 aliphatic heterocycles. The first kappa shape index (κ1) is 14.6. The summed E-state index contributed by atoms with van der Waals surface area (Å²) < 4.78 is 0. The molecule has 1 rings (SSSR count). The Kier molecular flexibility index (Phi) is 7.26. The molecule has 0 radical (unpaired) electrons. The molecule has 14 heavy (non-hydrogen) atoms. The molecule has 6 heteroatoms. The standard InChI is InChI=1S/C8H8O.Cl4Ge/c1-7-2-4-8(6-9)5-3-7;1-5(2,3)4/h2-6H,1H3;. The fraction of sp³-hybridized carbons (Fsp3) is 0.125. The van der Waals surface area contributed by atoms with Gasteiger partial charge in [-0.15, -0.1) is 0 Å². The Balaban J connectivity index is 0.000000292. The number of carbonyl (C=O) groups excluding carboxylic acids is 1. The number of hydrogen-bond acceptors (Lipinski definition) is 1. The maximum atomic E-state index is 10.1. The summed E-state index contributed by atoms with van der Waals surface area (Å²) in [6, 6.07) is 7.46. The molecule has 1 nitrogen and oxygen atoms in total. The topological polar surface area (TPSA) is 17.1 Å². The molecule has 0 heterocycles. The molecule has 0 saturated heterocycles. The van der Waals surface area contributed by atoms with E-state index < -0.39 is 9.55 Å². The second-order valence-corrected chi connectivity index (χ2v) is 22.1. The van der Waals surface area contributed by atoms with Crippen LogP contribution in [0, 0.1) is 6.92 Å². The molecule has 0 aromatic heterocycles. The van der Waals surface area contributed by atoms with Crippen molar-refractivity contribution in [3.63, 3.8) is 0 Å². The van der Waals surface area contributed by atoms with Crippen molar-refractivity contribution in [2.45, 2.75) is 6.92 Å². The van der Waals surface area contributed by atoms with Crippen molar-refractivity contribution >= 4 is 55.9 Å². The molecule has 1 aromatic rings. The summed E-state index contributed by atoms with van der Waals surface area (Å²) in [6.07, 6.45) is 0.847. The van der Waals surface area contributed by atoms with E-state index in [0.29, 0.717) is 0 Å². The first-order valence-corrected chi connectivity index (χ1v) is 14.6.